The fourth-order valence-corrected chi connectivity index (χ4v) is 1.82. The van der Waals surface area contributed by atoms with E-state index in [0.717, 1.165) is 6.42 Å². The highest BCUT2D eigenvalue weighted by molar-refractivity contribution is 5.96. The molecule has 0 aliphatic carbocycles. The van der Waals surface area contributed by atoms with Crippen LogP contribution in [-0.2, 0) is 4.74 Å². The molecule has 0 aliphatic rings. The van der Waals surface area contributed by atoms with E-state index in [1.165, 1.54) is 12.3 Å². The van der Waals surface area contributed by atoms with Gasteiger partial charge in [-0.1, -0.05) is 6.92 Å². The van der Waals surface area contributed by atoms with Crippen LogP contribution in [0.25, 0.3) is 0 Å². The lowest BCUT2D eigenvalue weighted by atomic mass is 10.1. The minimum atomic E-state index is -1.04. The maximum atomic E-state index is 11.1. The molecule has 1 atom stereocenters. The molecule has 6 nitrogen and oxygen atoms in total. The molecular formula is C13H21N3O3. The number of aromatic carboxylic acids is 1. The Hall–Kier alpha value is -1.82. The number of ether oxygens (including phenoxy) is 1. The molecule has 1 aromatic rings. The highest BCUT2D eigenvalue weighted by Gasteiger charge is 2.20. The van der Waals surface area contributed by atoms with Crippen molar-refractivity contribution in [1.82, 2.24) is 4.98 Å². The molecule has 0 saturated heterocycles. The van der Waals surface area contributed by atoms with Gasteiger partial charge in [0.05, 0.1) is 17.9 Å². The number of rotatable bonds is 7. The Morgan fingerprint density at radius 1 is 1.63 bits per heavy atom. The molecule has 1 rings (SSSR count). The van der Waals surface area contributed by atoms with Crippen LogP contribution >= 0.6 is 0 Å². The number of aromatic nitrogens is 1. The number of methoxy groups -OCH3 is 1. The first-order valence-electron chi connectivity index (χ1n) is 6.26. The van der Waals surface area contributed by atoms with Crippen molar-refractivity contribution in [2.45, 2.75) is 26.3 Å². The molecule has 0 bridgehead atoms. The first-order chi connectivity index (χ1) is 9.02. The van der Waals surface area contributed by atoms with Crippen LogP contribution in [0.3, 0.4) is 0 Å². The average molecular weight is 267 g/mol. The average Bonchev–Trinajstić information content (AvgIpc) is 2.39. The molecule has 0 radical (unpaired) electrons. The predicted molar refractivity (Wildman–Crippen MR) is 74.6 cm³/mol. The van der Waals surface area contributed by atoms with E-state index in [2.05, 4.69) is 11.9 Å². The molecule has 106 valence electrons. The number of nitrogens with zero attached hydrogens (tertiary/aromatic N) is 2. The Bertz CT molecular complexity index is 437. The van der Waals surface area contributed by atoms with Crippen molar-refractivity contribution in [2.75, 3.05) is 30.9 Å². The number of carboxylic acid groups (broad SMARTS) is 1. The zero-order valence-corrected chi connectivity index (χ0v) is 11.6. The summed E-state index contributed by atoms with van der Waals surface area (Å²) in [6.45, 7) is 5.25. The van der Waals surface area contributed by atoms with E-state index < -0.39 is 5.97 Å². The second-order valence-electron chi connectivity index (χ2n) is 4.34. The molecule has 6 heteroatoms. The van der Waals surface area contributed by atoms with Crippen molar-refractivity contribution in [1.29, 1.82) is 0 Å². The van der Waals surface area contributed by atoms with Crippen molar-refractivity contribution < 1.29 is 14.6 Å². The number of pyridine rings is 1. The van der Waals surface area contributed by atoms with Crippen molar-refractivity contribution in [2.24, 2.45) is 0 Å². The van der Waals surface area contributed by atoms with Crippen LogP contribution in [0.4, 0.5) is 11.5 Å². The Morgan fingerprint density at radius 3 is 2.84 bits per heavy atom. The second kappa shape index (κ2) is 6.94. The van der Waals surface area contributed by atoms with E-state index in [4.69, 9.17) is 15.6 Å². The summed E-state index contributed by atoms with van der Waals surface area (Å²) in [4.78, 5) is 17.3. The van der Waals surface area contributed by atoms with Gasteiger partial charge in [-0.05, 0) is 19.4 Å². The van der Waals surface area contributed by atoms with Gasteiger partial charge in [0.2, 0.25) is 0 Å². The van der Waals surface area contributed by atoms with Crippen LogP contribution in [0.5, 0.6) is 0 Å². The first-order valence-corrected chi connectivity index (χ1v) is 6.26. The smallest absolute Gasteiger partial charge is 0.337 e. The van der Waals surface area contributed by atoms with E-state index in [0.29, 0.717) is 19.0 Å². The van der Waals surface area contributed by atoms with E-state index in [-0.39, 0.29) is 17.3 Å². The summed E-state index contributed by atoms with van der Waals surface area (Å²) in [6.07, 6.45) is 2.37. The summed E-state index contributed by atoms with van der Waals surface area (Å²) >= 11 is 0. The molecule has 0 spiro atoms. The Labute approximate surface area is 113 Å². The first kappa shape index (κ1) is 15.2. The van der Waals surface area contributed by atoms with E-state index >= 15 is 0 Å². The topological polar surface area (TPSA) is 88.7 Å². The second-order valence-corrected chi connectivity index (χ2v) is 4.34. The fraction of sp³-hybridized carbons (Fsp3) is 0.538. The minimum absolute atomic E-state index is 0.0794. The van der Waals surface area contributed by atoms with Crippen LogP contribution in [0, 0.1) is 0 Å². The number of nitrogens with two attached hydrogens (primary N) is 1. The highest BCUT2D eigenvalue weighted by Crippen LogP contribution is 2.26. The number of hydrogen-bond acceptors (Lipinski definition) is 5. The van der Waals surface area contributed by atoms with Gasteiger partial charge in [-0.25, -0.2) is 9.78 Å². The summed E-state index contributed by atoms with van der Waals surface area (Å²) in [5.74, 6) is -0.539. The molecule has 1 heterocycles. The fourth-order valence-electron chi connectivity index (χ4n) is 1.82. The van der Waals surface area contributed by atoms with Gasteiger partial charge in [-0.3, -0.25) is 0 Å². The molecule has 0 fully saturated rings. The van der Waals surface area contributed by atoms with Crippen molar-refractivity contribution in [3.63, 3.8) is 0 Å². The third-order valence-electron chi connectivity index (χ3n) is 3.13. The van der Waals surface area contributed by atoms with Gasteiger partial charge in [0, 0.05) is 25.9 Å². The summed E-state index contributed by atoms with van der Waals surface area (Å²) in [5.41, 5.74) is 6.20. The van der Waals surface area contributed by atoms with Gasteiger partial charge >= 0.3 is 5.97 Å². The number of anilines is 2. The molecule has 0 aliphatic heterocycles. The number of carbonyl (C=O) groups is 1. The zero-order chi connectivity index (χ0) is 14.4. The third-order valence-corrected chi connectivity index (χ3v) is 3.13. The van der Waals surface area contributed by atoms with E-state index in [9.17, 15) is 4.79 Å². The van der Waals surface area contributed by atoms with Crippen molar-refractivity contribution in [3.8, 4) is 0 Å². The van der Waals surface area contributed by atoms with Crippen LogP contribution in [-0.4, -0.2) is 42.4 Å². The van der Waals surface area contributed by atoms with Crippen LogP contribution < -0.4 is 10.6 Å². The van der Waals surface area contributed by atoms with Gasteiger partial charge in [0.1, 0.15) is 0 Å². The van der Waals surface area contributed by atoms with Crippen LogP contribution in [0.1, 0.15) is 30.6 Å². The molecule has 0 amide bonds. The summed E-state index contributed by atoms with van der Waals surface area (Å²) < 4.78 is 5.08. The minimum Gasteiger partial charge on any atom is -0.478 e. The standard InChI is InChI=1S/C13H21N3O3/c1-4-9(2)16(7-8-19-3)12-11(14)10(13(17)18)5-6-15-12/h5-6,9H,4,7-8,14H2,1-3H3,(H,17,18). The number of carboxylic acids is 1. The maximum Gasteiger partial charge on any atom is 0.337 e. The Balaban J connectivity index is 3.14. The van der Waals surface area contributed by atoms with Gasteiger partial charge in [0.15, 0.2) is 5.82 Å². The lowest BCUT2D eigenvalue weighted by Crippen LogP contribution is -2.36. The van der Waals surface area contributed by atoms with Crippen molar-refractivity contribution >= 4 is 17.5 Å². The molecule has 1 aromatic heterocycles. The zero-order valence-electron chi connectivity index (χ0n) is 11.6. The molecule has 3 N–H and O–H groups in total. The van der Waals surface area contributed by atoms with Gasteiger partial charge < -0.3 is 20.5 Å². The summed E-state index contributed by atoms with van der Waals surface area (Å²) in [6, 6.07) is 1.61. The molecule has 19 heavy (non-hydrogen) atoms. The van der Waals surface area contributed by atoms with Gasteiger partial charge in [-0.15, -0.1) is 0 Å². The molecular weight excluding hydrogens is 246 g/mol. The lowest BCUT2D eigenvalue weighted by Gasteiger charge is -2.30. The normalized spacial score (nSPS) is 12.2. The third kappa shape index (κ3) is 3.57. The Kier molecular flexibility index (Phi) is 5.57. The monoisotopic (exact) mass is 267 g/mol. The molecule has 0 saturated carbocycles. The van der Waals surface area contributed by atoms with Gasteiger partial charge in [0.25, 0.3) is 0 Å². The van der Waals surface area contributed by atoms with Crippen LogP contribution in [0.15, 0.2) is 12.3 Å². The predicted octanol–water partition coefficient (Wildman–Crippen LogP) is 1.61. The summed E-state index contributed by atoms with van der Waals surface area (Å²) in [5, 5.41) is 9.09. The summed E-state index contributed by atoms with van der Waals surface area (Å²) in [7, 11) is 1.62. The maximum absolute atomic E-state index is 11.1. The number of nitrogen functional groups attached to an aromatic ring is 1. The lowest BCUT2D eigenvalue weighted by molar-refractivity contribution is 0.0698. The Morgan fingerprint density at radius 2 is 2.32 bits per heavy atom. The van der Waals surface area contributed by atoms with E-state index in [1.54, 1.807) is 7.11 Å². The van der Waals surface area contributed by atoms with Gasteiger partial charge in [-0.2, -0.15) is 0 Å². The largest absolute Gasteiger partial charge is 0.478 e. The quantitative estimate of drug-likeness (QED) is 0.780. The SMILES string of the molecule is CCC(C)N(CCOC)c1nccc(C(=O)O)c1N. The van der Waals surface area contributed by atoms with Crippen molar-refractivity contribution in [3.05, 3.63) is 17.8 Å². The number of hydrogen-bond donors (Lipinski definition) is 2. The van der Waals surface area contributed by atoms with Crippen LogP contribution in [0.2, 0.25) is 0 Å². The molecule has 0 aromatic carbocycles. The van der Waals surface area contributed by atoms with E-state index in [1.807, 2.05) is 11.8 Å². The molecule has 1 unspecified atom stereocenters. The highest BCUT2D eigenvalue weighted by atomic mass is 16.5.